The molecule has 114 valence electrons. The monoisotopic (exact) mass is 324 g/mol. The van der Waals surface area contributed by atoms with E-state index in [-0.39, 0.29) is 10.8 Å². The van der Waals surface area contributed by atoms with E-state index in [4.69, 9.17) is 5.73 Å². The molecule has 0 heterocycles. The summed E-state index contributed by atoms with van der Waals surface area (Å²) >= 11 is 1.71. The Morgan fingerprint density at radius 2 is 1.86 bits per heavy atom. The number of fused-ring (bicyclic) bond motifs is 1. The summed E-state index contributed by atoms with van der Waals surface area (Å²) in [6.45, 7) is 2.46. The van der Waals surface area contributed by atoms with Crippen LogP contribution in [0.15, 0.2) is 41.3 Å². The average Bonchev–Trinajstić information content (AvgIpc) is 2.46. The quantitative estimate of drug-likeness (QED) is 0.801. The molecule has 0 aliphatic rings. The maximum atomic E-state index is 12.5. The highest BCUT2D eigenvalue weighted by atomic mass is 32.2. The minimum Gasteiger partial charge on any atom is -0.398 e. The molecule has 1 atom stereocenters. The van der Waals surface area contributed by atoms with Crippen molar-refractivity contribution in [3.8, 4) is 0 Å². The molecule has 0 radical (unpaired) electrons. The molecular weight excluding hydrogens is 304 g/mol. The third-order valence-electron chi connectivity index (χ3n) is 3.28. The molecule has 0 aliphatic carbocycles. The molecule has 3 N–H and O–H groups in total. The van der Waals surface area contributed by atoms with E-state index < -0.39 is 10.0 Å². The van der Waals surface area contributed by atoms with Crippen LogP contribution in [-0.2, 0) is 10.0 Å². The predicted octanol–water partition coefficient (Wildman–Crippen LogP) is 2.70. The van der Waals surface area contributed by atoms with Crippen LogP contribution in [0.3, 0.4) is 0 Å². The van der Waals surface area contributed by atoms with Crippen LogP contribution in [0.2, 0.25) is 0 Å². The van der Waals surface area contributed by atoms with Gasteiger partial charge in [-0.2, -0.15) is 11.8 Å². The first-order valence-corrected chi connectivity index (χ1v) is 9.59. The van der Waals surface area contributed by atoms with Crippen molar-refractivity contribution in [1.82, 2.24) is 4.72 Å². The summed E-state index contributed by atoms with van der Waals surface area (Å²) in [4.78, 5) is 0.281. The summed E-state index contributed by atoms with van der Waals surface area (Å²) in [5.74, 6) is 1.21. The SMILES string of the molecule is CSCC(C)CNS(=O)(=O)c1ccc(N)c2ccccc12. The molecule has 0 amide bonds. The number of nitrogens with one attached hydrogen (secondary N) is 1. The summed E-state index contributed by atoms with van der Waals surface area (Å²) in [5, 5.41) is 1.42. The fourth-order valence-electron chi connectivity index (χ4n) is 2.20. The van der Waals surface area contributed by atoms with E-state index in [1.165, 1.54) is 0 Å². The lowest BCUT2D eigenvalue weighted by molar-refractivity contribution is 0.563. The van der Waals surface area contributed by atoms with Gasteiger partial charge in [-0.05, 0) is 30.1 Å². The molecular formula is C15H20N2O2S2. The number of nitrogen functional groups attached to an aromatic ring is 1. The standard InChI is InChI=1S/C15H20N2O2S2/c1-11(10-20-2)9-17-21(18,19)15-8-7-14(16)12-5-3-4-6-13(12)15/h3-8,11,17H,9-10,16H2,1-2H3. The molecule has 1 unspecified atom stereocenters. The molecule has 0 spiro atoms. The van der Waals surface area contributed by atoms with E-state index in [0.717, 1.165) is 11.1 Å². The van der Waals surface area contributed by atoms with Crippen LogP contribution in [0, 0.1) is 5.92 Å². The summed E-state index contributed by atoms with van der Waals surface area (Å²) in [7, 11) is -3.53. The van der Waals surface area contributed by atoms with Crippen LogP contribution in [0.4, 0.5) is 5.69 Å². The van der Waals surface area contributed by atoms with Crippen molar-refractivity contribution >= 4 is 38.2 Å². The molecule has 0 aromatic heterocycles. The number of thioether (sulfide) groups is 1. The molecule has 2 rings (SSSR count). The van der Waals surface area contributed by atoms with Gasteiger partial charge >= 0.3 is 0 Å². The van der Waals surface area contributed by atoms with Gasteiger partial charge in [0.2, 0.25) is 10.0 Å². The van der Waals surface area contributed by atoms with E-state index in [1.807, 2.05) is 31.4 Å². The van der Waals surface area contributed by atoms with Crippen LogP contribution in [0.1, 0.15) is 6.92 Å². The topological polar surface area (TPSA) is 72.2 Å². The van der Waals surface area contributed by atoms with Gasteiger partial charge in [-0.1, -0.05) is 31.2 Å². The molecule has 6 heteroatoms. The van der Waals surface area contributed by atoms with Crippen LogP contribution < -0.4 is 10.5 Å². The zero-order chi connectivity index (χ0) is 15.5. The maximum Gasteiger partial charge on any atom is 0.241 e. The highest BCUT2D eigenvalue weighted by Crippen LogP contribution is 2.27. The van der Waals surface area contributed by atoms with Crippen molar-refractivity contribution in [2.75, 3.05) is 24.3 Å². The van der Waals surface area contributed by atoms with Gasteiger partial charge in [0, 0.05) is 23.0 Å². The molecule has 2 aromatic rings. The van der Waals surface area contributed by atoms with Gasteiger partial charge in [-0.15, -0.1) is 0 Å². The van der Waals surface area contributed by atoms with E-state index >= 15 is 0 Å². The summed E-state index contributed by atoms with van der Waals surface area (Å²) < 4.78 is 27.7. The minimum absolute atomic E-state index is 0.281. The van der Waals surface area contributed by atoms with Crippen LogP contribution in [0.25, 0.3) is 10.8 Å². The van der Waals surface area contributed by atoms with Crippen molar-refractivity contribution < 1.29 is 8.42 Å². The first-order valence-electron chi connectivity index (χ1n) is 6.71. The van der Waals surface area contributed by atoms with E-state index in [0.29, 0.717) is 17.6 Å². The molecule has 21 heavy (non-hydrogen) atoms. The molecule has 2 aromatic carbocycles. The smallest absolute Gasteiger partial charge is 0.241 e. The predicted molar refractivity (Wildman–Crippen MR) is 91.1 cm³/mol. The summed E-state index contributed by atoms with van der Waals surface area (Å²) in [5.41, 5.74) is 6.50. The Morgan fingerprint density at radius 3 is 2.52 bits per heavy atom. The second-order valence-electron chi connectivity index (χ2n) is 5.11. The van der Waals surface area contributed by atoms with Crippen molar-refractivity contribution in [2.24, 2.45) is 5.92 Å². The number of sulfonamides is 1. The molecule has 0 aliphatic heterocycles. The zero-order valence-electron chi connectivity index (χ0n) is 12.2. The van der Waals surface area contributed by atoms with E-state index in [1.54, 1.807) is 30.0 Å². The zero-order valence-corrected chi connectivity index (χ0v) is 13.8. The largest absolute Gasteiger partial charge is 0.398 e. The minimum atomic E-state index is -3.53. The Bertz CT molecular complexity index is 730. The number of hydrogen-bond acceptors (Lipinski definition) is 4. The second kappa shape index (κ2) is 6.68. The van der Waals surface area contributed by atoms with Crippen molar-refractivity contribution in [3.63, 3.8) is 0 Å². The molecule has 0 saturated carbocycles. The van der Waals surface area contributed by atoms with Crippen molar-refractivity contribution in [2.45, 2.75) is 11.8 Å². The third-order valence-corrected chi connectivity index (χ3v) is 5.66. The first-order chi connectivity index (χ1) is 9.95. The fourth-order valence-corrected chi connectivity index (χ4v) is 4.26. The Labute approximate surface area is 130 Å². The van der Waals surface area contributed by atoms with Crippen molar-refractivity contribution in [3.05, 3.63) is 36.4 Å². The molecule has 0 saturated heterocycles. The lowest BCUT2D eigenvalue weighted by Gasteiger charge is -2.14. The number of anilines is 1. The van der Waals surface area contributed by atoms with Gasteiger partial charge in [0.1, 0.15) is 0 Å². The summed E-state index contributed by atoms with van der Waals surface area (Å²) in [6.07, 6.45) is 2.01. The Morgan fingerprint density at radius 1 is 1.19 bits per heavy atom. The van der Waals surface area contributed by atoms with Gasteiger partial charge in [0.05, 0.1) is 4.90 Å². The van der Waals surface area contributed by atoms with Crippen LogP contribution >= 0.6 is 11.8 Å². The van der Waals surface area contributed by atoms with Gasteiger partial charge < -0.3 is 5.73 Å². The van der Waals surface area contributed by atoms with Gasteiger partial charge in [-0.3, -0.25) is 0 Å². The average molecular weight is 324 g/mol. The number of nitrogens with two attached hydrogens (primary N) is 1. The van der Waals surface area contributed by atoms with Crippen LogP contribution in [0.5, 0.6) is 0 Å². The molecule has 0 bridgehead atoms. The highest BCUT2D eigenvalue weighted by molar-refractivity contribution is 7.98. The first kappa shape index (κ1) is 16.1. The third kappa shape index (κ3) is 3.70. The molecule has 0 fully saturated rings. The second-order valence-corrected chi connectivity index (χ2v) is 7.76. The normalized spacial score (nSPS) is 13.4. The number of benzene rings is 2. The lowest BCUT2D eigenvalue weighted by atomic mass is 10.1. The Balaban J connectivity index is 2.35. The Kier molecular flexibility index (Phi) is 5.13. The summed E-state index contributed by atoms with van der Waals surface area (Å²) in [6, 6.07) is 10.5. The van der Waals surface area contributed by atoms with Gasteiger partial charge in [-0.25, -0.2) is 13.1 Å². The van der Waals surface area contributed by atoms with Gasteiger partial charge in [0.15, 0.2) is 0 Å². The van der Waals surface area contributed by atoms with E-state index in [9.17, 15) is 8.42 Å². The van der Waals surface area contributed by atoms with Gasteiger partial charge in [0.25, 0.3) is 0 Å². The maximum absolute atomic E-state index is 12.5. The van der Waals surface area contributed by atoms with E-state index in [2.05, 4.69) is 4.72 Å². The lowest BCUT2D eigenvalue weighted by Crippen LogP contribution is -2.29. The Hall–Kier alpha value is -1.24. The fraction of sp³-hybridized carbons (Fsp3) is 0.333. The molecule has 4 nitrogen and oxygen atoms in total. The van der Waals surface area contributed by atoms with Crippen molar-refractivity contribution in [1.29, 1.82) is 0 Å². The number of hydrogen-bond donors (Lipinski definition) is 2. The van der Waals surface area contributed by atoms with Crippen LogP contribution in [-0.4, -0.2) is 27.0 Å². The highest BCUT2D eigenvalue weighted by Gasteiger charge is 2.18. The number of rotatable bonds is 6.